The highest BCUT2D eigenvalue weighted by Crippen LogP contribution is 2.34. The van der Waals surface area contributed by atoms with Crippen molar-refractivity contribution in [3.63, 3.8) is 0 Å². The van der Waals surface area contributed by atoms with Crippen molar-refractivity contribution < 1.29 is 9.53 Å². The molecule has 6 heteroatoms. The van der Waals surface area contributed by atoms with Crippen LogP contribution in [0.5, 0.6) is 0 Å². The molecule has 2 aromatic rings. The Bertz CT molecular complexity index is 731. The normalized spacial score (nSPS) is 16.2. The number of amides is 2. The summed E-state index contributed by atoms with van der Waals surface area (Å²) in [4.78, 5) is 12.3. The average molecular weight is 379 g/mol. The lowest BCUT2D eigenvalue weighted by atomic mass is 9.74. The Labute approximate surface area is 157 Å². The summed E-state index contributed by atoms with van der Waals surface area (Å²) in [6.07, 6.45) is 1.74. The molecule has 2 N–H and O–H groups in total. The molecule has 0 radical (unpaired) electrons. The molecule has 0 spiro atoms. The Morgan fingerprint density at radius 1 is 1.08 bits per heavy atom. The molecule has 0 aliphatic carbocycles. The zero-order valence-corrected chi connectivity index (χ0v) is 15.2. The Morgan fingerprint density at radius 2 is 1.80 bits per heavy atom. The van der Waals surface area contributed by atoms with Gasteiger partial charge in [-0.1, -0.05) is 53.5 Å². The number of halogens is 2. The fourth-order valence-electron chi connectivity index (χ4n) is 3.13. The minimum absolute atomic E-state index is 0.116. The SMILES string of the molecule is O=C(NCC1(c2ccccc2)CCOCC1)Nc1cc(Cl)ccc1Cl. The van der Waals surface area contributed by atoms with Gasteiger partial charge in [-0.05, 0) is 36.6 Å². The van der Waals surface area contributed by atoms with Crippen molar-refractivity contribution in [2.45, 2.75) is 18.3 Å². The van der Waals surface area contributed by atoms with Gasteiger partial charge < -0.3 is 15.4 Å². The highest BCUT2D eigenvalue weighted by Gasteiger charge is 2.34. The third-order valence-electron chi connectivity index (χ3n) is 4.60. The van der Waals surface area contributed by atoms with E-state index in [1.54, 1.807) is 18.2 Å². The van der Waals surface area contributed by atoms with E-state index in [-0.39, 0.29) is 11.4 Å². The molecule has 0 saturated carbocycles. The van der Waals surface area contributed by atoms with Crippen LogP contribution in [-0.4, -0.2) is 25.8 Å². The molecule has 2 aromatic carbocycles. The molecule has 1 aliphatic heterocycles. The van der Waals surface area contributed by atoms with Gasteiger partial charge in [-0.15, -0.1) is 0 Å². The molecule has 1 saturated heterocycles. The third kappa shape index (κ3) is 4.46. The number of hydrogen-bond donors (Lipinski definition) is 2. The van der Waals surface area contributed by atoms with E-state index in [1.807, 2.05) is 18.2 Å². The maximum Gasteiger partial charge on any atom is 0.319 e. The van der Waals surface area contributed by atoms with E-state index >= 15 is 0 Å². The van der Waals surface area contributed by atoms with Gasteiger partial charge in [-0.2, -0.15) is 0 Å². The van der Waals surface area contributed by atoms with Gasteiger partial charge in [0.05, 0.1) is 10.7 Å². The molecule has 0 aromatic heterocycles. The van der Waals surface area contributed by atoms with E-state index < -0.39 is 0 Å². The minimum atomic E-state index is -0.300. The second-order valence-corrected chi connectivity index (χ2v) is 7.03. The van der Waals surface area contributed by atoms with E-state index in [2.05, 4.69) is 22.8 Å². The number of rotatable bonds is 4. The smallest absolute Gasteiger partial charge is 0.319 e. The van der Waals surface area contributed by atoms with Crippen LogP contribution >= 0.6 is 23.2 Å². The van der Waals surface area contributed by atoms with Crippen LogP contribution in [0.3, 0.4) is 0 Å². The van der Waals surface area contributed by atoms with Crippen molar-refractivity contribution in [2.24, 2.45) is 0 Å². The van der Waals surface area contributed by atoms with E-state index in [0.29, 0.717) is 35.5 Å². The standard InChI is InChI=1S/C19H20Cl2N2O2/c20-15-6-7-16(21)17(12-15)23-18(24)22-13-19(8-10-25-11-9-19)14-4-2-1-3-5-14/h1-7,12H,8-11,13H2,(H2,22,23,24). The first kappa shape index (κ1) is 18.1. The Morgan fingerprint density at radius 3 is 2.52 bits per heavy atom. The molecular formula is C19H20Cl2N2O2. The average Bonchev–Trinajstić information content (AvgIpc) is 2.65. The molecule has 4 nitrogen and oxygen atoms in total. The van der Waals surface area contributed by atoms with Crippen molar-refractivity contribution in [1.29, 1.82) is 0 Å². The predicted molar refractivity (Wildman–Crippen MR) is 102 cm³/mol. The van der Waals surface area contributed by atoms with Gasteiger partial charge in [0.25, 0.3) is 0 Å². The molecule has 3 rings (SSSR count). The molecule has 1 fully saturated rings. The Hall–Kier alpha value is -1.75. The van der Waals surface area contributed by atoms with Crippen molar-refractivity contribution >= 4 is 34.9 Å². The van der Waals surface area contributed by atoms with Crippen LogP contribution in [0.1, 0.15) is 18.4 Å². The number of hydrogen-bond acceptors (Lipinski definition) is 2. The molecule has 132 valence electrons. The van der Waals surface area contributed by atoms with E-state index in [0.717, 1.165) is 12.8 Å². The monoisotopic (exact) mass is 378 g/mol. The molecule has 0 bridgehead atoms. The van der Waals surface area contributed by atoms with Gasteiger partial charge in [0.1, 0.15) is 0 Å². The predicted octanol–water partition coefficient (Wildman–Crippen LogP) is 4.86. The zero-order valence-electron chi connectivity index (χ0n) is 13.7. The first-order valence-electron chi connectivity index (χ1n) is 8.22. The summed E-state index contributed by atoms with van der Waals surface area (Å²) in [7, 11) is 0. The van der Waals surface area contributed by atoms with Gasteiger partial charge in [0.2, 0.25) is 0 Å². The zero-order chi connectivity index (χ0) is 17.7. The van der Waals surface area contributed by atoms with Crippen LogP contribution in [0, 0.1) is 0 Å². The van der Waals surface area contributed by atoms with Crippen LogP contribution < -0.4 is 10.6 Å². The summed E-state index contributed by atoms with van der Waals surface area (Å²) >= 11 is 12.1. The quantitative estimate of drug-likeness (QED) is 0.797. The van der Waals surface area contributed by atoms with Gasteiger partial charge >= 0.3 is 6.03 Å². The summed E-state index contributed by atoms with van der Waals surface area (Å²) < 4.78 is 5.52. The van der Waals surface area contributed by atoms with E-state index in [4.69, 9.17) is 27.9 Å². The van der Waals surface area contributed by atoms with Gasteiger partial charge in [-0.3, -0.25) is 0 Å². The summed E-state index contributed by atoms with van der Waals surface area (Å²) in [5.41, 5.74) is 1.60. The van der Waals surface area contributed by atoms with Crippen LogP contribution in [-0.2, 0) is 10.2 Å². The summed E-state index contributed by atoms with van der Waals surface area (Å²) in [5, 5.41) is 6.71. The molecule has 0 atom stereocenters. The number of benzene rings is 2. The molecule has 1 heterocycles. The number of nitrogens with one attached hydrogen (secondary N) is 2. The topological polar surface area (TPSA) is 50.4 Å². The van der Waals surface area contributed by atoms with Crippen LogP contribution in [0.15, 0.2) is 48.5 Å². The van der Waals surface area contributed by atoms with E-state index in [1.165, 1.54) is 5.56 Å². The first-order valence-corrected chi connectivity index (χ1v) is 8.98. The Balaban J connectivity index is 1.69. The molecule has 1 aliphatic rings. The maximum absolute atomic E-state index is 12.3. The fourth-order valence-corrected chi connectivity index (χ4v) is 3.47. The summed E-state index contributed by atoms with van der Waals surface area (Å²) in [6.45, 7) is 1.92. The highest BCUT2D eigenvalue weighted by atomic mass is 35.5. The van der Waals surface area contributed by atoms with Crippen molar-refractivity contribution in [3.8, 4) is 0 Å². The molecular weight excluding hydrogens is 359 g/mol. The van der Waals surface area contributed by atoms with Crippen LogP contribution in [0.2, 0.25) is 10.0 Å². The fraction of sp³-hybridized carbons (Fsp3) is 0.316. The highest BCUT2D eigenvalue weighted by molar-refractivity contribution is 6.35. The third-order valence-corrected chi connectivity index (χ3v) is 5.16. The molecule has 25 heavy (non-hydrogen) atoms. The number of carbonyl (C=O) groups is 1. The number of carbonyl (C=O) groups excluding carboxylic acids is 1. The maximum atomic E-state index is 12.3. The van der Waals surface area contributed by atoms with Gasteiger partial charge in [0, 0.05) is 30.2 Å². The van der Waals surface area contributed by atoms with Crippen molar-refractivity contribution in [3.05, 3.63) is 64.1 Å². The van der Waals surface area contributed by atoms with Crippen molar-refractivity contribution in [1.82, 2.24) is 5.32 Å². The minimum Gasteiger partial charge on any atom is -0.381 e. The lowest BCUT2D eigenvalue weighted by Gasteiger charge is -2.38. The molecule has 2 amide bonds. The number of ether oxygens (including phenoxy) is 1. The van der Waals surface area contributed by atoms with Gasteiger partial charge in [0.15, 0.2) is 0 Å². The van der Waals surface area contributed by atoms with Crippen molar-refractivity contribution in [2.75, 3.05) is 25.1 Å². The largest absolute Gasteiger partial charge is 0.381 e. The number of anilines is 1. The van der Waals surface area contributed by atoms with Crippen LogP contribution in [0.4, 0.5) is 10.5 Å². The molecule has 0 unspecified atom stereocenters. The summed E-state index contributed by atoms with van der Waals surface area (Å²) in [5.74, 6) is 0. The number of urea groups is 1. The summed E-state index contributed by atoms with van der Waals surface area (Å²) in [6, 6.07) is 14.9. The Kier molecular flexibility index (Phi) is 5.84. The van der Waals surface area contributed by atoms with E-state index in [9.17, 15) is 4.79 Å². The lowest BCUT2D eigenvalue weighted by Crippen LogP contribution is -2.45. The van der Waals surface area contributed by atoms with Crippen LogP contribution in [0.25, 0.3) is 0 Å². The second-order valence-electron chi connectivity index (χ2n) is 6.19. The van der Waals surface area contributed by atoms with Gasteiger partial charge in [-0.25, -0.2) is 4.79 Å². The lowest BCUT2D eigenvalue weighted by molar-refractivity contribution is 0.0508. The first-order chi connectivity index (χ1) is 12.1. The second kappa shape index (κ2) is 8.09.